The van der Waals surface area contributed by atoms with Gasteiger partial charge in [-0.25, -0.2) is 0 Å². The number of aliphatic hydroxyl groups is 2. The van der Waals surface area contributed by atoms with Crippen molar-refractivity contribution in [3.05, 3.63) is 24.3 Å². The summed E-state index contributed by atoms with van der Waals surface area (Å²) in [6.07, 6.45) is 97.3. The molecule has 0 radical (unpaired) electrons. The van der Waals surface area contributed by atoms with E-state index in [1.807, 2.05) is 6.08 Å². The maximum Gasteiger partial charge on any atom is 0.220 e. The van der Waals surface area contributed by atoms with E-state index in [-0.39, 0.29) is 12.5 Å². The van der Waals surface area contributed by atoms with Gasteiger partial charge in [-0.2, -0.15) is 0 Å². The normalized spacial score (nSPS) is 12.7. The van der Waals surface area contributed by atoms with Crippen molar-refractivity contribution < 1.29 is 15.0 Å². The molecule has 0 aromatic rings. The van der Waals surface area contributed by atoms with Crippen LogP contribution in [0.1, 0.15) is 431 Å². The molecule has 1 amide bonds. The quantitative estimate of drug-likeness (QED) is 0.0420. The van der Waals surface area contributed by atoms with Gasteiger partial charge in [0.1, 0.15) is 0 Å². The van der Waals surface area contributed by atoms with E-state index in [2.05, 4.69) is 31.3 Å². The number of nitrogens with one attached hydrogen (secondary N) is 1. The maximum absolute atomic E-state index is 12.5. The molecular formula is C75H147NO3. The van der Waals surface area contributed by atoms with Gasteiger partial charge in [-0.05, 0) is 32.1 Å². The summed E-state index contributed by atoms with van der Waals surface area (Å²) in [5, 5.41) is 23.3. The van der Waals surface area contributed by atoms with E-state index >= 15 is 0 Å². The molecule has 2 unspecified atom stereocenters. The number of amides is 1. The lowest BCUT2D eigenvalue weighted by molar-refractivity contribution is -0.123. The Hall–Kier alpha value is -1.13. The fourth-order valence-corrected chi connectivity index (χ4v) is 12.1. The lowest BCUT2D eigenvalue weighted by atomic mass is 10.0. The van der Waals surface area contributed by atoms with Gasteiger partial charge >= 0.3 is 0 Å². The Morgan fingerprint density at radius 2 is 0.494 bits per heavy atom. The third-order valence-electron chi connectivity index (χ3n) is 17.7. The first-order valence-electron chi connectivity index (χ1n) is 37.1. The van der Waals surface area contributed by atoms with Crippen molar-refractivity contribution in [2.45, 2.75) is 443 Å². The molecule has 3 N–H and O–H groups in total. The van der Waals surface area contributed by atoms with Crippen molar-refractivity contribution in [2.75, 3.05) is 6.61 Å². The molecule has 0 fully saturated rings. The summed E-state index contributed by atoms with van der Waals surface area (Å²) < 4.78 is 0. The smallest absolute Gasteiger partial charge is 0.220 e. The van der Waals surface area contributed by atoms with Crippen molar-refractivity contribution in [3.63, 3.8) is 0 Å². The lowest BCUT2D eigenvalue weighted by Gasteiger charge is -2.19. The summed E-state index contributed by atoms with van der Waals surface area (Å²) in [6, 6.07) is -0.638. The fraction of sp³-hybridized carbons (Fsp3) is 0.933. The molecule has 79 heavy (non-hydrogen) atoms. The molecule has 0 aromatic heterocycles. The molecule has 0 aliphatic heterocycles. The SMILES string of the molecule is CCCCCCCCCCCCCCCCCCCCCCCCC/C=C/CC/C=C/C(O)C(CO)NC(=O)CCCCCCCCCCCCCCCCCCCCCCCCCCCCCCCCCCCCCCCC. The average Bonchev–Trinajstić information content (AvgIpc) is 3.45. The molecule has 0 spiro atoms. The molecule has 4 nitrogen and oxygen atoms in total. The highest BCUT2D eigenvalue weighted by molar-refractivity contribution is 5.76. The third-order valence-corrected chi connectivity index (χ3v) is 17.7. The molecule has 0 rings (SSSR count). The van der Waals surface area contributed by atoms with Crippen LogP contribution in [0.2, 0.25) is 0 Å². The van der Waals surface area contributed by atoms with Crippen LogP contribution in [0.3, 0.4) is 0 Å². The van der Waals surface area contributed by atoms with Gasteiger partial charge in [0.15, 0.2) is 0 Å². The van der Waals surface area contributed by atoms with Crippen LogP contribution >= 0.6 is 0 Å². The number of carbonyl (C=O) groups excluding carboxylic acids is 1. The Balaban J connectivity index is 3.40. The monoisotopic (exact) mass is 1110 g/mol. The van der Waals surface area contributed by atoms with Gasteiger partial charge in [0.05, 0.1) is 18.8 Å². The van der Waals surface area contributed by atoms with Crippen LogP contribution in [0.4, 0.5) is 0 Å². The Labute approximate surface area is 498 Å². The van der Waals surface area contributed by atoms with E-state index in [1.54, 1.807) is 6.08 Å². The fourth-order valence-electron chi connectivity index (χ4n) is 12.1. The average molecular weight is 1110 g/mol. The Bertz CT molecular complexity index is 1170. The number of aliphatic hydroxyl groups excluding tert-OH is 2. The second kappa shape index (κ2) is 71.1. The number of rotatable bonds is 70. The van der Waals surface area contributed by atoms with E-state index in [9.17, 15) is 15.0 Å². The van der Waals surface area contributed by atoms with Crippen molar-refractivity contribution in [1.29, 1.82) is 0 Å². The summed E-state index contributed by atoms with van der Waals surface area (Å²) in [6.45, 7) is 4.36. The van der Waals surface area contributed by atoms with Gasteiger partial charge in [-0.1, -0.05) is 417 Å². The van der Waals surface area contributed by atoms with Gasteiger partial charge in [-0.15, -0.1) is 0 Å². The molecule has 470 valence electrons. The molecular weight excluding hydrogens is 963 g/mol. The number of allylic oxidation sites excluding steroid dienone is 3. The number of hydrogen-bond acceptors (Lipinski definition) is 3. The van der Waals surface area contributed by atoms with Crippen LogP contribution in [0.5, 0.6) is 0 Å². The van der Waals surface area contributed by atoms with Crippen molar-refractivity contribution in [3.8, 4) is 0 Å². The maximum atomic E-state index is 12.5. The first-order chi connectivity index (χ1) is 39.2. The molecule has 2 atom stereocenters. The molecule has 0 saturated carbocycles. The molecule has 0 bridgehead atoms. The highest BCUT2D eigenvalue weighted by Gasteiger charge is 2.18. The first kappa shape index (κ1) is 77.9. The summed E-state index contributed by atoms with van der Waals surface area (Å²) in [5.41, 5.74) is 0. The number of hydrogen-bond donors (Lipinski definition) is 3. The third kappa shape index (κ3) is 67.5. The Kier molecular flexibility index (Phi) is 70.1. The zero-order valence-electron chi connectivity index (χ0n) is 54.4. The van der Waals surface area contributed by atoms with Crippen LogP contribution in [-0.4, -0.2) is 34.9 Å². The van der Waals surface area contributed by atoms with Crippen LogP contribution in [-0.2, 0) is 4.79 Å². The predicted octanol–water partition coefficient (Wildman–Crippen LogP) is 25.3. The van der Waals surface area contributed by atoms with Crippen LogP contribution in [0.15, 0.2) is 24.3 Å². The second-order valence-electron chi connectivity index (χ2n) is 25.7. The molecule has 4 heteroatoms. The predicted molar refractivity (Wildman–Crippen MR) is 355 cm³/mol. The minimum Gasteiger partial charge on any atom is -0.394 e. The zero-order valence-corrected chi connectivity index (χ0v) is 54.4. The van der Waals surface area contributed by atoms with Crippen LogP contribution < -0.4 is 5.32 Å². The van der Waals surface area contributed by atoms with Gasteiger partial charge in [0.2, 0.25) is 5.91 Å². The standard InChI is InChI=1S/C75H147NO3/c1-3-5-7-9-11-13-15-17-19-21-23-25-27-29-31-33-34-35-36-37-38-39-40-41-43-45-47-49-51-53-55-57-59-61-63-65-67-69-71-75(79)76-73(72-77)74(78)70-68-66-64-62-60-58-56-54-52-50-48-46-44-42-32-30-28-26-24-22-20-18-16-14-12-10-8-6-4-2/h60,62,68,70,73-74,77-78H,3-59,61,63-67,69,71-72H2,1-2H3,(H,76,79)/b62-60+,70-68+. The van der Waals surface area contributed by atoms with E-state index in [4.69, 9.17) is 0 Å². The minimum atomic E-state index is -0.862. The number of carbonyl (C=O) groups is 1. The minimum absolute atomic E-state index is 0.0635. The number of unbranched alkanes of at least 4 members (excludes halogenated alkanes) is 61. The van der Waals surface area contributed by atoms with Gasteiger partial charge < -0.3 is 15.5 Å². The van der Waals surface area contributed by atoms with Gasteiger partial charge in [0, 0.05) is 6.42 Å². The van der Waals surface area contributed by atoms with Crippen molar-refractivity contribution in [1.82, 2.24) is 5.32 Å². The summed E-state index contributed by atoms with van der Waals surface area (Å²) in [4.78, 5) is 12.5. The highest BCUT2D eigenvalue weighted by Crippen LogP contribution is 2.20. The van der Waals surface area contributed by atoms with E-state index < -0.39 is 12.1 Å². The van der Waals surface area contributed by atoms with Crippen molar-refractivity contribution >= 4 is 5.91 Å². The topological polar surface area (TPSA) is 69.6 Å². The zero-order chi connectivity index (χ0) is 56.9. The largest absolute Gasteiger partial charge is 0.394 e. The Morgan fingerprint density at radius 3 is 0.734 bits per heavy atom. The van der Waals surface area contributed by atoms with E-state index in [0.717, 1.165) is 32.1 Å². The van der Waals surface area contributed by atoms with Crippen LogP contribution in [0, 0.1) is 0 Å². The molecule has 0 heterocycles. The molecule has 0 aromatic carbocycles. The molecule has 0 saturated heterocycles. The van der Waals surface area contributed by atoms with E-state index in [0.29, 0.717) is 6.42 Å². The lowest BCUT2D eigenvalue weighted by Crippen LogP contribution is -2.45. The highest BCUT2D eigenvalue weighted by atomic mass is 16.3. The first-order valence-corrected chi connectivity index (χ1v) is 37.1. The summed E-state index contributed by atoms with van der Waals surface area (Å²) >= 11 is 0. The molecule has 0 aliphatic rings. The summed E-state index contributed by atoms with van der Waals surface area (Å²) in [7, 11) is 0. The van der Waals surface area contributed by atoms with Gasteiger partial charge in [-0.3, -0.25) is 4.79 Å². The van der Waals surface area contributed by atoms with Crippen LogP contribution in [0.25, 0.3) is 0 Å². The van der Waals surface area contributed by atoms with Gasteiger partial charge in [0.25, 0.3) is 0 Å². The summed E-state index contributed by atoms with van der Waals surface area (Å²) in [5.74, 6) is -0.0635. The molecule has 0 aliphatic carbocycles. The second-order valence-corrected chi connectivity index (χ2v) is 25.7. The van der Waals surface area contributed by atoms with Crippen molar-refractivity contribution in [2.24, 2.45) is 0 Å². The van der Waals surface area contributed by atoms with E-state index in [1.165, 1.54) is 379 Å². The Morgan fingerprint density at radius 1 is 0.291 bits per heavy atom.